The van der Waals surface area contributed by atoms with Gasteiger partial charge in [-0.05, 0) is 70.8 Å². The number of pyridine rings is 2. The fourth-order valence-corrected chi connectivity index (χ4v) is 4.48. The van der Waals surface area contributed by atoms with Crippen LogP contribution in [0.5, 0.6) is 0 Å². The second-order valence-corrected chi connectivity index (χ2v) is 8.44. The van der Waals surface area contributed by atoms with Gasteiger partial charge in [0.25, 0.3) is 0 Å². The van der Waals surface area contributed by atoms with Crippen LogP contribution in [0, 0.1) is 11.8 Å². The molecule has 5 heteroatoms. The maximum Gasteiger partial charge on any atom is 0.153 e. The first kappa shape index (κ1) is 17.5. The van der Waals surface area contributed by atoms with Gasteiger partial charge < -0.3 is 9.32 Å². The molecule has 0 spiro atoms. The van der Waals surface area contributed by atoms with E-state index in [4.69, 9.17) is 9.40 Å². The van der Waals surface area contributed by atoms with Crippen molar-refractivity contribution in [1.29, 1.82) is 0 Å². The topological polar surface area (TPSA) is 42.2 Å². The van der Waals surface area contributed by atoms with Gasteiger partial charge in [0.05, 0.1) is 4.47 Å². The molecule has 26 heavy (non-hydrogen) atoms. The number of piperidine rings is 1. The highest BCUT2D eigenvalue weighted by molar-refractivity contribution is 9.10. The monoisotopic (exact) mass is 413 g/mol. The average Bonchev–Trinajstić information content (AvgIpc) is 3.00. The molecule has 1 aliphatic heterocycles. The summed E-state index contributed by atoms with van der Waals surface area (Å²) >= 11 is 3.50. The van der Waals surface area contributed by atoms with E-state index in [2.05, 4.69) is 51.8 Å². The molecule has 0 unspecified atom stereocenters. The number of fused-ring (bicyclic) bond motifs is 1. The van der Waals surface area contributed by atoms with Crippen molar-refractivity contribution in [3.05, 3.63) is 52.6 Å². The fraction of sp³-hybridized carbons (Fsp3) is 0.429. The molecule has 2 atom stereocenters. The Balaban J connectivity index is 1.53. The summed E-state index contributed by atoms with van der Waals surface area (Å²) in [5.74, 6) is 1.48. The molecule has 0 aromatic carbocycles. The molecule has 4 rings (SSSR count). The van der Waals surface area contributed by atoms with E-state index in [0.717, 1.165) is 59.0 Å². The number of anilines is 1. The molecule has 0 saturated carbocycles. The molecule has 4 heterocycles. The van der Waals surface area contributed by atoms with Crippen LogP contribution in [0.1, 0.15) is 31.5 Å². The van der Waals surface area contributed by atoms with Crippen LogP contribution in [0.2, 0.25) is 0 Å². The van der Waals surface area contributed by atoms with Gasteiger partial charge in [0, 0.05) is 36.9 Å². The van der Waals surface area contributed by atoms with Crippen LogP contribution >= 0.6 is 15.9 Å². The number of hydrogen-bond acceptors (Lipinski definition) is 4. The quantitative estimate of drug-likeness (QED) is 0.585. The van der Waals surface area contributed by atoms with E-state index in [0.29, 0.717) is 0 Å². The van der Waals surface area contributed by atoms with Crippen molar-refractivity contribution in [2.24, 2.45) is 11.8 Å². The number of rotatable bonds is 4. The SMILES string of the molecule is C[C@@H]1C[C@H](C)CN(c2ccncc2CCc2ccc3occ(Br)c3n2)C1. The van der Waals surface area contributed by atoms with Gasteiger partial charge in [0.2, 0.25) is 0 Å². The zero-order valence-corrected chi connectivity index (χ0v) is 16.9. The molecule has 1 aliphatic rings. The summed E-state index contributed by atoms with van der Waals surface area (Å²) in [6.45, 7) is 6.97. The second kappa shape index (κ2) is 7.39. The number of aryl methyl sites for hydroxylation is 2. The zero-order valence-electron chi connectivity index (χ0n) is 15.3. The summed E-state index contributed by atoms with van der Waals surface area (Å²) in [5, 5.41) is 0. The van der Waals surface area contributed by atoms with E-state index in [9.17, 15) is 0 Å². The van der Waals surface area contributed by atoms with Crippen molar-refractivity contribution in [3.63, 3.8) is 0 Å². The van der Waals surface area contributed by atoms with Crippen LogP contribution in [-0.2, 0) is 12.8 Å². The van der Waals surface area contributed by atoms with E-state index < -0.39 is 0 Å². The first-order chi connectivity index (χ1) is 12.6. The molecule has 0 aliphatic carbocycles. The van der Waals surface area contributed by atoms with Crippen LogP contribution in [0.25, 0.3) is 11.1 Å². The van der Waals surface area contributed by atoms with Crippen LogP contribution < -0.4 is 4.90 Å². The molecule has 3 aromatic rings. The summed E-state index contributed by atoms with van der Waals surface area (Å²) in [7, 11) is 0. The van der Waals surface area contributed by atoms with E-state index in [1.807, 2.05) is 18.5 Å². The number of hydrogen-bond donors (Lipinski definition) is 0. The Bertz CT molecular complexity index is 897. The van der Waals surface area contributed by atoms with E-state index in [1.54, 1.807) is 6.26 Å². The third kappa shape index (κ3) is 3.63. The highest BCUT2D eigenvalue weighted by Gasteiger charge is 2.23. The van der Waals surface area contributed by atoms with Crippen LogP contribution in [0.3, 0.4) is 0 Å². The first-order valence-corrected chi connectivity index (χ1v) is 10.1. The maximum atomic E-state index is 5.46. The molecule has 1 fully saturated rings. The minimum atomic E-state index is 0.738. The van der Waals surface area contributed by atoms with Gasteiger partial charge in [0.1, 0.15) is 11.8 Å². The van der Waals surface area contributed by atoms with Crippen molar-refractivity contribution in [1.82, 2.24) is 9.97 Å². The predicted octanol–water partition coefficient (Wildman–Crippen LogP) is 5.25. The van der Waals surface area contributed by atoms with Crippen LogP contribution in [0.15, 0.2) is 45.7 Å². The summed E-state index contributed by atoms with van der Waals surface area (Å²) in [4.78, 5) is 11.7. The van der Waals surface area contributed by atoms with Crippen molar-refractivity contribution in [2.45, 2.75) is 33.1 Å². The normalized spacial score (nSPS) is 20.7. The first-order valence-electron chi connectivity index (χ1n) is 9.30. The Morgan fingerprint density at radius 3 is 2.77 bits per heavy atom. The van der Waals surface area contributed by atoms with Crippen LogP contribution in [-0.4, -0.2) is 23.1 Å². The largest absolute Gasteiger partial charge is 0.461 e. The molecular formula is C21H24BrN3O. The molecule has 0 bridgehead atoms. The molecule has 4 nitrogen and oxygen atoms in total. The average molecular weight is 414 g/mol. The molecule has 0 N–H and O–H groups in total. The Kier molecular flexibility index (Phi) is 4.98. The third-order valence-electron chi connectivity index (χ3n) is 5.17. The van der Waals surface area contributed by atoms with Crippen molar-refractivity contribution >= 4 is 32.7 Å². The standard InChI is InChI=1S/C21H24BrN3O/c1-14-9-15(2)12-25(11-14)19-7-8-23-10-16(19)3-4-17-5-6-20-21(24-17)18(22)13-26-20/h5-8,10,13-15H,3-4,9,11-12H2,1-2H3/t14-,15+. The van der Waals surface area contributed by atoms with Crippen molar-refractivity contribution < 1.29 is 4.42 Å². The van der Waals surface area contributed by atoms with Gasteiger partial charge >= 0.3 is 0 Å². The van der Waals surface area contributed by atoms with Crippen molar-refractivity contribution in [2.75, 3.05) is 18.0 Å². The lowest BCUT2D eigenvalue weighted by molar-refractivity contribution is 0.356. The van der Waals surface area contributed by atoms with Gasteiger partial charge in [-0.15, -0.1) is 0 Å². The summed E-state index contributed by atoms with van der Waals surface area (Å²) < 4.78 is 6.37. The number of nitrogens with zero attached hydrogens (tertiary/aromatic N) is 3. The number of aromatic nitrogens is 2. The smallest absolute Gasteiger partial charge is 0.153 e. The lowest BCUT2D eigenvalue weighted by Crippen LogP contribution is -2.39. The molecule has 3 aromatic heterocycles. The minimum Gasteiger partial charge on any atom is -0.461 e. The van der Waals surface area contributed by atoms with E-state index >= 15 is 0 Å². The van der Waals surface area contributed by atoms with E-state index in [-0.39, 0.29) is 0 Å². The highest BCUT2D eigenvalue weighted by Crippen LogP contribution is 2.29. The van der Waals surface area contributed by atoms with E-state index in [1.165, 1.54) is 17.7 Å². The second-order valence-electron chi connectivity index (χ2n) is 7.59. The Labute approximate surface area is 162 Å². The molecule has 0 amide bonds. The molecular weight excluding hydrogens is 390 g/mol. The Morgan fingerprint density at radius 2 is 1.96 bits per heavy atom. The van der Waals surface area contributed by atoms with Gasteiger partial charge in [-0.2, -0.15) is 0 Å². The lowest BCUT2D eigenvalue weighted by Gasteiger charge is -2.37. The number of furan rings is 1. The summed E-state index contributed by atoms with van der Waals surface area (Å²) in [6, 6.07) is 6.23. The molecule has 1 saturated heterocycles. The predicted molar refractivity (Wildman–Crippen MR) is 109 cm³/mol. The van der Waals surface area contributed by atoms with Crippen LogP contribution in [0.4, 0.5) is 5.69 Å². The third-order valence-corrected chi connectivity index (χ3v) is 5.73. The Morgan fingerprint density at radius 1 is 1.15 bits per heavy atom. The van der Waals surface area contributed by atoms with Gasteiger partial charge in [-0.1, -0.05) is 13.8 Å². The minimum absolute atomic E-state index is 0.738. The summed E-state index contributed by atoms with van der Waals surface area (Å²) in [5.41, 5.74) is 5.44. The zero-order chi connectivity index (χ0) is 18.1. The number of halogens is 1. The molecule has 0 radical (unpaired) electrons. The van der Waals surface area contributed by atoms with Gasteiger partial charge in [-0.25, -0.2) is 4.98 Å². The molecule has 136 valence electrons. The fourth-order valence-electron chi connectivity index (χ4n) is 4.11. The summed E-state index contributed by atoms with van der Waals surface area (Å²) in [6.07, 6.45) is 8.78. The highest BCUT2D eigenvalue weighted by atomic mass is 79.9. The van der Waals surface area contributed by atoms with Gasteiger partial charge in [-0.3, -0.25) is 4.98 Å². The Hall–Kier alpha value is -1.88. The lowest BCUT2D eigenvalue weighted by atomic mass is 9.91. The maximum absolute atomic E-state index is 5.46. The van der Waals surface area contributed by atoms with Crippen molar-refractivity contribution in [3.8, 4) is 0 Å². The van der Waals surface area contributed by atoms with Gasteiger partial charge in [0.15, 0.2) is 5.58 Å².